The van der Waals surface area contributed by atoms with E-state index in [0.717, 1.165) is 46.9 Å². The third-order valence-electron chi connectivity index (χ3n) is 4.22. The first-order valence-electron chi connectivity index (χ1n) is 8.61. The largest absolute Gasteiger partial charge is 0.444 e. The Labute approximate surface area is 156 Å². The fraction of sp³-hybridized carbons (Fsp3) is 0.647. The van der Waals surface area contributed by atoms with Gasteiger partial charge in [-0.1, -0.05) is 32.1 Å². The quantitative estimate of drug-likeness (QED) is 0.521. The number of hydrogen-bond donors (Lipinski definition) is 3. The number of aliphatic hydroxyl groups excluding tert-OH is 1. The molecule has 0 aromatic carbocycles. The number of thioether (sulfide) groups is 1. The van der Waals surface area contributed by atoms with Crippen LogP contribution < -0.4 is 10.6 Å². The average Bonchev–Trinajstić information content (AvgIpc) is 3.22. The van der Waals surface area contributed by atoms with Crippen molar-refractivity contribution >= 4 is 28.2 Å². The Kier molecular flexibility index (Phi) is 6.04. The standard InChI is InChI=1S/C17H26N4O2S2/c1-17(2,3)12-8-19-13(23-12)10-24-14-9-20-16(25-14)21-15(22)11-4-6-18-7-5-11/h8-9,11,15,18,22H,4-7,10H2,1-3H3,(H,20,21). The molecule has 138 valence electrons. The molecule has 1 fully saturated rings. The molecule has 1 saturated heterocycles. The fourth-order valence-corrected chi connectivity index (χ4v) is 4.41. The van der Waals surface area contributed by atoms with Crippen LogP contribution in [0.2, 0.25) is 0 Å². The van der Waals surface area contributed by atoms with E-state index in [1.165, 1.54) is 0 Å². The van der Waals surface area contributed by atoms with Crippen LogP contribution in [0.25, 0.3) is 0 Å². The summed E-state index contributed by atoms with van der Waals surface area (Å²) < 4.78 is 6.89. The molecular weight excluding hydrogens is 356 g/mol. The summed E-state index contributed by atoms with van der Waals surface area (Å²) in [7, 11) is 0. The highest BCUT2D eigenvalue weighted by atomic mass is 32.2. The number of piperidine rings is 1. The molecule has 0 radical (unpaired) electrons. The number of rotatable bonds is 6. The average molecular weight is 383 g/mol. The zero-order valence-electron chi connectivity index (χ0n) is 14.9. The molecule has 3 rings (SSSR count). The van der Waals surface area contributed by atoms with Gasteiger partial charge < -0.3 is 20.2 Å². The minimum atomic E-state index is -0.535. The van der Waals surface area contributed by atoms with E-state index in [-0.39, 0.29) is 11.3 Å². The highest BCUT2D eigenvalue weighted by molar-refractivity contribution is 8.00. The summed E-state index contributed by atoms with van der Waals surface area (Å²) in [6, 6.07) is 0. The molecule has 0 spiro atoms. The molecule has 8 heteroatoms. The maximum Gasteiger partial charge on any atom is 0.204 e. The zero-order valence-corrected chi connectivity index (χ0v) is 16.5. The Morgan fingerprint density at radius 1 is 1.36 bits per heavy atom. The molecule has 0 amide bonds. The van der Waals surface area contributed by atoms with E-state index in [2.05, 4.69) is 41.4 Å². The fourth-order valence-electron chi connectivity index (χ4n) is 2.65. The second-order valence-electron chi connectivity index (χ2n) is 7.32. The molecule has 25 heavy (non-hydrogen) atoms. The van der Waals surface area contributed by atoms with Crippen molar-refractivity contribution in [1.29, 1.82) is 0 Å². The van der Waals surface area contributed by atoms with Crippen LogP contribution in [-0.2, 0) is 11.2 Å². The van der Waals surface area contributed by atoms with Crippen LogP contribution in [0.4, 0.5) is 5.13 Å². The van der Waals surface area contributed by atoms with Gasteiger partial charge in [0.1, 0.15) is 12.0 Å². The molecular formula is C17H26N4O2S2. The van der Waals surface area contributed by atoms with Crippen molar-refractivity contribution in [3.8, 4) is 0 Å². The highest BCUT2D eigenvalue weighted by Gasteiger charge is 2.22. The molecule has 2 aromatic rings. The van der Waals surface area contributed by atoms with E-state index in [1.807, 2.05) is 12.4 Å². The van der Waals surface area contributed by atoms with Gasteiger partial charge in [-0.15, -0.1) is 11.8 Å². The third kappa shape index (κ3) is 5.20. The summed E-state index contributed by atoms with van der Waals surface area (Å²) in [6.45, 7) is 8.27. The Morgan fingerprint density at radius 3 is 2.80 bits per heavy atom. The van der Waals surface area contributed by atoms with E-state index >= 15 is 0 Å². The lowest BCUT2D eigenvalue weighted by Crippen LogP contribution is -2.37. The van der Waals surface area contributed by atoms with Crippen LogP contribution in [0.15, 0.2) is 21.0 Å². The zero-order chi connectivity index (χ0) is 17.9. The lowest BCUT2D eigenvalue weighted by Gasteiger charge is -2.27. The Morgan fingerprint density at radius 2 is 2.12 bits per heavy atom. The summed E-state index contributed by atoms with van der Waals surface area (Å²) in [5, 5.41) is 17.5. The van der Waals surface area contributed by atoms with Crippen LogP contribution in [0, 0.1) is 5.92 Å². The first kappa shape index (κ1) is 18.7. The van der Waals surface area contributed by atoms with Crippen molar-refractivity contribution in [3.63, 3.8) is 0 Å². The van der Waals surface area contributed by atoms with Gasteiger partial charge in [0.05, 0.1) is 22.4 Å². The summed E-state index contributed by atoms with van der Waals surface area (Å²) in [5.74, 6) is 2.59. The van der Waals surface area contributed by atoms with E-state index in [9.17, 15) is 5.11 Å². The lowest BCUT2D eigenvalue weighted by atomic mass is 9.94. The van der Waals surface area contributed by atoms with Gasteiger partial charge in [-0.25, -0.2) is 9.97 Å². The van der Waals surface area contributed by atoms with Crippen molar-refractivity contribution in [3.05, 3.63) is 24.0 Å². The number of aliphatic hydroxyl groups is 1. The molecule has 6 nitrogen and oxygen atoms in total. The molecule has 3 N–H and O–H groups in total. The van der Waals surface area contributed by atoms with Gasteiger partial charge >= 0.3 is 0 Å². The second kappa shape index (κ2) is 8.07. The minimum absolute atomic E-state index is 0.0255. The van der Waals surface area contributed by atoms with Gasteiger partial charge in [0.15, 0.2) is 5.13 Å². The van der Waals surface area contributed by atoms with Gasteiger partial charge in [-0.2, -0.15) is 0 Å². The van der Waals surface area contributed by atoms with Crippen LogP contribution in [0.5, 0.6) is 0 Å². The number of nitrogens with zero attached hydrogens (tertiary/aromatic N) is 2. The topological polar surface area (TPSA) is 83.2 Å². The minimum Gasteiger partial charge on any atom is -0.444 e. The SMILES string of the molecule is CC(C)(C)c1cnc(CSc2cnc(NC(O)C3CCNCC3)s2)o1. The van der Waals surface area contributed by atoms with Crippen molar-refractivity contribution in [2.24, 2.45) is 5.92 Å². The number of aromatic nitrogens is 2. The predicted octanol–water partition coefficient (Wildman–Crippen LogP) is 3.45. The van der Waals surface area contributed by atoms with Crippen molar-refractivity contribution in [1.82, 2.24) is 15.3 Å². The monoisotopic (exact) mass is 382 g/mol. The maximum absolute atomic E-state index is 10.3. The Balaban J connectivity index is 1.50. The maximum atomic E-state index is 10.3. The van der Waals surface area contributed by atoms with E-state index < -0.39 is 6.23 Å². The van der Waals surface area contributed by atoms with E-state index in [1.54, 1.807) is 23.1 Å². The number of hydrogen-bond acceptors (Lipinski definition) is 8. The van der Waals surface area contributed by atoms with Crippen LogP contribution in [0.3, 0.4) is 0 Å². The van der Waals surface area contributed by atoms with Gasteiger partial charge in [0.25, 0.3) is 0 Å². The van der Waals surface area contributed by atoms with E-state index in [4.69, 9.17) is 4.42 Å². The van der Waals surface area contributed by atoms with Crippen LogP contribution in [0.1, 0.15) is 45.3 Å². The summed E-state index contributed by atoms with van der Waals surface area (Å²) >= 11 is 3.20. The molecule has 0 bridgehead atoms. The smallest absolute Gasteiger partial charge is 0.204 e. The first-order valence-corrected chi connectivity index (χ1v) is 10.4. The third-order valence-corrected chi connectivity index (χ3v) is 6.32. The number of nitrogens with one attached hydrogen (secondary N) is 2. The lowest BCUT2D eigenvalue weighted by molar-refractivity contribution is 0.113. The normalized spacial score (nSPS) is 17.6. The van der Waals surface area contributed by atoms with Crippen molar-refractivity contribution < 1.29 is 9.52 Å². The van der Waals surface area contributed by atoms with Crippen molar-refractivity contribution in [2.75, 3.05) is 18.4 Å². The predicted molar refractivity (Wildman–Crippen MR) is 102 cm³/mol. The van der Waals surface area contributed by atoms with Gasteiger partial charge in [0.2, 0.25) is 5.89 Å². The summed E-state index contributed by atoms with van der Waals surface area (Å²) in [5.41, 5.74) is -0.0255. The Hall–Kier alpha value is -1.09. The van der Waals surface area contributed by atoms with Gasteiger partial charge in [-0.3, -0.25) is 0 Å². The number of anilines is 1. The molecule has 0 aliphatic carbocycles. The summed E-state index contributed by atoms with van der Waals surface area (Å²) in [6.07, 6.45) is 5.08. The molecule has 1 atom stereocenters. The molecule has 2 aromatic heterocycles. The van der Waals surface area contributed by atoms with E-state index in [0.29, 0.717) is 5.75 Å². The molecule has 3 heterocycles. The van der Waals surface area contributed by atoms with Crippen LogP contribution in [-0.4, -0.2) is 34.4 Å². The molecule has 1 aliphatic heterocycles. The van der Waals surface area contributed by atoms with Gasteiger partial charge in [-0.05, 0) is 25.9 Å². The number of oxazole rings is 1. The molecule has 1 aliphatic rings. The molecule has 0 saturated carbocycles. The highest BCUT2D eigenvalue weighted by Crippen LogP contribution is 2.32. The van der Waals surface area contributed by atoms with Gasteiger partial charge in [0, 0.05) is 11.3 Å². The van der Waals surface area contributed by atoms with Crippen LogP contribution >= 0.6 is 23.1 Å². The first-order chi connectivity index (χ1) is 11.9. The Bertz CT molecular complexity index is 674. The second-order valence-corrected chi connectivity index (χ2v) is 9.62. The summed E-state index contributed by atoms with van der Waals surface area (Å²) in [4.78, 5) is 8.72. The molecule has 1 unspecified atom stereocenters. The van der Waals surface area contributed by atoms with Crippen molar-refractivity contribution in [2.45, 2.75) is 55.2 Å². The number of thiazole rings is 1.